The summed E-state index contributed by atoms with van der Waals surface area (Å²) in [6, 6.07) is 0. The van der Waals surface area contributed by atoms with Gasteiger partial charge in [0.25, 0.3) is 0 Å². The van der Waals surface area contributed by atoms with E-state index in [0.717, 1.165) is 0 Å². The summed E-state index contributed by atoms with van der Waals surface area (Å²) < 4.78 is 0. The summed E-state index contributed by atoms with van der Waals surface area (Å²) in [7, 11) is 0. The summed E-state index contributed by atoms with van der Waals surface area (Å²) in [6.07, 6.45) is 0. The Kier molecular flexibility index (Phi) is 56.5. The largest absolute Gasteiger partial charge is 1.00 e. The van der Waals surface area contributed by atoms with E-state index in [2.05, 4.69) is 0 Å². The van der Waals surface area contributed by atoms with Gasteiger partial charge in [0, 0.05) is 0 Å². The van der Waals surface area contributed by atoms with E-state index in [9.17, 15) is 0 Å². The summed E-state index contributed by atoms with van der Waals surface area (Å²) in [5.41, 5.74) is 0. The quantitative estimate of drug-likeness (QED) is 0.263. The number of hydrogen-bond donors (Lipinski definition) is 0. The average Bonchev–Trinajstić information content (AvgIpc) is 0.918. The fourth-order valence-corrected chi connectivity index (χ4v) is 0. The molecule has 0 rings (SSSR count). The fraction of sp³-hybridized carbons (Fsp3) is 1.00. The van der Waals surface area contributed by atoms with Crippen LogP contribution in [0.15, 0.2) is 0 Å². The molecule has 5 heavy (non-hydrogen) atoms. The van der Waals surface area contributed by atoms with Gasteiger partial charge in [0.1, 0.15) is 0 Å². The van der Waals surface area contributed by atoms with Crippen molar-refractivity contribution < 1.29 is 55.0 Å². The van der Waals surface area contributed by atoms with Crippen LogP contribution in [0.5, 0.6) is 0 Å². The van der Waals surface area contributed by atoms with Crippen molar-refractivity contribution in [3.63, 3.8) is 0 Å². The minimum absolute atomic E-state index is 0. The molecule has 0 spiro atoms. The molecule has 0 aliphatic heterocycles. The Bertz CT molecular complexity index is 13.5. The average molecular weight is 76.0 g/mol. The molecule has 0 aliphatic carbocycles. The first kappa shape index (κ1) is 16.0. The van der Waals surface area contributed by atoms with E-state index in [-0.39, 0.29) is 56.5 Å². The Balaban J connectivity index is -0.00000000667. The van der Waals surface area contributed by atoms with Gasteiger partial charge in [-0.3, -0.25) is 0 Å². The van der Waals surface area contributed by atoms with Crippen LogP contribution in [0.3, 0.4) is 0 Å². The van der Waals surface area contributed by atoms with Crippen LogP contribution in [0.2, 0.25) is 0 Å². The van der Waals surface area contributed by atoms with Crippen molar-refractivity contribution >= 4 is 0 Å². The smallest absolute Gasteiger partial charge is 1.00 e. The summed E-state index contributed by atoms with van der Waals surface area (Å²) in [4.78, 5) is 0. The van der Waals surface area contributed by atoms with Gasteiger partial charge in [-0.05, 0) is 0 Å². The van der Waals surface area contributed by atoms with Crippen molar-refractivity contribution in [3.05, 3.63) is 0 Å². The van der Waals surface area contributed by atoms with Crippen LogP contribution in [-0.4, -0.2) is 6.61 Å². The van der Waals surface area contributed by atoms with Gasteiger partial charge >= 0.3 is 48.4 Å². The molecule has 0 unspecified atom stereocenters. The maximum absolute atomic E-state index is 8.93. The molecule has 0 radical (unpaired) electrons. The van der Waals surface area contributed by atoms with Gasteiger partial charge < -0.3 is 6.53 Å². The standard InChI is InChI=1S/C2H5O.Li.Na.H/c1-2-3;;;/h2H2,1H3;;;/q-1;2*+1;-1. The van der Waals surface area contributed by atoms with E-state index < -0.39 is 0 Å². The van der Waals surface area contributed by atoms with Crippen molar-refractivity contribution in [3.8, 4) is 0 Å². The summed E-state index contributed by atoms with van der Waals surface area (Å²) in [5, 5.41) is 8.93. The van der Waals surface area contributed by atoms with E-state index >= 15 is 0 Å². The third kappa shape index (κ3) is 29.0. The summed E-state index contributed by atoms with van der Waals surface area (Å²) >= 11 is 0. The van der Waals surface area contributed by atoms with Crippen LogP contribution in [0, 0.1) is 0 Å². The first-order chi connectivity index (χ1) is 1.41. The Morgan fingerprint density at radius 1 is 1.80 bits per heavy atom. The first-order valence-electron chi connectivity index (χ1n) is 0.996. The molecule has 1 nitrogen and oxygen atoms in total. The topological polar surface area (TPSA) is 23.1 Å². The SMILES string of the molecule is CC[O-].[H-].[Li+].[Na+]. The summed E-state index contributed by atoms with van der Waals surface area (Å²) in [5.74, 6) is 0. The predicted octanol–water partition coefficient (Wildman–Crippen LogP) is -6.51. The second kappa shape index (κ2) is 17.6. The van der Waals surface area contributed by atoms with Crippen LogP contribution in [0.25, 0.3) is 0 Å². The van der Waals surface area contributed by atoms with E-state index in [1.807, 2.05) is 0 Å². The molecule has 3 heteroatoms. The minimum Gasteiger partial charge on any atom is -1.00 e. The fourth-order valence-electron chi connectivity index (χ4n) is 0. The van der Waals surface area contributed by atoms with Gasteiger partial charge in [-0.15, -0.1) is 6.61 Å². The molecule has 0 aromatic rings. The first-order valence-corrected chi connectivity index (χ1v) is 0.996. The monoisotopic (exact) mass is 76.0 g/mol. The molecule has 0 aromatic heterocycles. The second-order valence-corrected chi connectivity index (χ2v) is 0.289. The van der Waals surface area contributed by atoms with Crippen LogP contribution >= 0.6 is 0 Å². The number of rotatable bonds is 0. The molecule has 0 aromatic carbocycles. The Morgan fingerprint density at radius 2 is 1.80 bits per heavy atom. The molecule has 22 valence electrons. The van der Waals surface area contributed by atoms with E-state index in [4.69, 9.17) is 5.11 Å². The van der Waals surface area contributed by atoms with Crippen LogP contribution in [0.1, 0.15) is 8.35 Å². The van der Waals surface area contributed by atoms with E-state index in [1.54, 1.807) is 6.92 Å². The Labute approximate surface area is 68.1 Å². The van der Waals surface area contributed by atoms with E-state index in [0.29, 0.717) is 0 Å². The zero-order valence-corrected chi connectivity index (χ0v) is 6.12. The van der Waals surface area contributed by atoms with Crippen molar-refractivity contribution in [1.29, 1.82) is 0 Å². The molecular weight excluding hydrogens is 70.0 g/mol. The third-order valence-electron chi connectivity index (χ3n) is 0. The van der Waals surface area contributed by atoms with Gasteiger partial charge in [-0.1, -0.05) is 6.92 Å². The summed E-state index contributed by atoms with van der Waals surface area (Å²) in [6.45, 7) is 1.57. The molecule has 0 N–H and O–H groups in total. The van der Waals surface area contributed by atoms with Crippen molar-refractivity contribution in [1.82, 2.24) is 0 Å². The molecule has 0 atom stereocenters. The van der Waals surface area contributed by atoms with Gasteiger partial charge in [-0.25, -0.2) is 0 Å². The molecule has 0 amide bonds. The minimum atomic E-state index is 0. The maximum Gasteiger partial charge on any atom is 1.00 e. The second-order valence-electron chi connectivity index (χ2n) is 0.289. The molecule has 0 saturated carbocycles. The van der Waals surface area contributed by atoms with Crippen molar-refractivity contribution in [2.45, 2.75) is 6.92 Å². The number of hydrogen-bond acceptors (Lipinski definition) is 1. The molecule has 0 saturated heterocycles. The Hall–Kier alpha value is 1.56. The zero-order chi connectivity index (χ0) is 2.71. The zero-order valence-electron chi connectivity index (χ0n) is 5.12. The van der Waals surface area contributed by atoms with Gasteiger partial charge in [-0.2, -0.15) is 0 Å². The van der Waals surface area contributed by atoms with Gasteiger partial charge in [0.05, 0.1) is 0 Å². The van der Waals surface area contributed by atoms with Crippen molar-refractivity contribution in [2.24, 2.45) is 0 Å². The predicted molar refractivity (Wildman–Crippen MR) is 11.7 cm³/mol. The molecule has 0 fully saturated rings. The van der Waals surface area contributed by atoms with Crippen LogP contribution in [-0.2, 0) is 0 Å². The molecule has 0 heterocycles. The van der Waals surface area contributed by atoms with Crippen LogP contribution < -0.4 is 53.5 Å². The normalized spacial score (nSPS) is 3.60. The maximum atomic E-state index is 8.93. The van der Waals surface area contributed by atoms with E-state index in [1.165, 1.54) is 0 Å². The molecule has 0 aliphatic rings. The molecular formula is C2H6LiNaO. The van der Waals surface area contributed by atoms with Crippen molar-refractivity contribution in [2.75, 3.05) is 6.61 Å². The third-order valence-corrected chi connectivity index (χ3v) is 0. The van der Waals surface area contributed by atoms with Crippen LogP contribution in [0.4, 0.5) is 0 Å². The molecule has 0 bridgehead atoms. The van der Waals surface area contributed by atoms with Gasteiger partial charge in [0.15, 0.2) is 0 Å². The van der Waals surface area contributed by atoms with Gasteiger partial charge in [0.2, 0.25) is 0 Å². The Morgan fingerprint density at radius 3 is 1.80 bits per heavy atom.